The monoisotopic (exact) mass is 526 g/mol. The third-order valence-corrected chi connectivity index (χ3v) is 7.04. The van der Waals surface area contributed by atoms with Gasteiger partial charge in [-0.25, -0.2) is 14.9 Å². The molecule has 188 valence electrons. The zero-order valence-corrected chi connectivity index (χ0v) is 21.5. The first-order valence-electron chi connectivity index (χ1n) is 12.3. The molecule has 0 aliphatic carbocycles. The Morgan fingerprint density at radius 2 is 1.51 bits per heavy atom. The molecular formula is C32H22N4O2S. The number of rotatable bonds is 7. The standard InChI is InChI=1S/C32H22N4O2S/c37-24(17-16-22-10-4-1-5-11-22)20-29-31(38)36(30(33-29)23-12-6-2-7-13-23)32-34-27-19-18-26(21-28(27)35-32)39-25-14-8-3-9-15-25/h1-21H,(H,34,35)/b17-16+,29-20-. The van der Waals surface area contributed by atoms with Crippen LogP contribution in [-0.4, -0.2) is 27.5 Å². The van der Waals surface area contributed by atoms with Gasteiger partial charge >= 0.3 is 0 Å². The van der Waals surface area contributed by atoms with Crippen molar-refractivity contribution in [3.63, 3.8) is 0 Å². The normalized spacial score (nSPS) is 14.5. The molecule has 0 saturated heterocycles. The van der Waals surface area contributed by atoms with Gasteiger partial charge in [0.15, 0.2) is 11.6 Å². The lowest BCUT2D eigenvalue weighted by atomic mass is 10.2. The minimum absolute atomic E-state index is 0.0531. The van der Waals surface area contributed by atoms with Crippen molar-refractivity contribution in [1.82, 2.24) is 9.97 Å². The highest BCUT2D eigenvalue weighted by Gasteiger charge is 2.34. The zero-order chi connectivity index (χ0) is 26.6. The number of ketones is 1. The Morgan fingerprint density at radius 3 is 2.26 bits per heavy atom. The number of hydrogen-bond acceptors (Lipinski definition) is 5. The molecule has 1 aromatic heterocycles. The summed E-state index contributed by atoms with van der Waals surface area (Å²) < 4.78 is 0. The van der Waals surface area contributed by atoms with E-state index in [0.29, 0.717) is 11.8 Å². The average molecular weight is 527 g/mol. The van der Waals surface area contributed by atoms with E-state index in [1.54, 1.807) is 17.8 Å². The summed E-state index contributed by atoms with van der Waals surface area (Å²) in [6, 6.07) is 35.0. The highest BCUT2D eigenvalue weighted by molar-refractivity contribution is 7.99. The van der Waals surface area contributed by atoms with E-state index < -0.39 is 5.91 Å². The van der Waals surface area contributed by atoms with E-state index in [1.165, 1.54) is 17.1 Å². The topological polar surface area (TPSA) is 78.4 Å². The molecule has 5 aromatic rings. The van der Waals surface area contributed by atoms with E-state index in [4.69, 9.17) is 4.98 Å². The molecule has 1 aliphatic rings. The predicted octanol–water partition coefficient (Wildman–Crippen LogP) is 6.67. The Kier molecular flexibility index (Phi) is 6.72. The lowest BCUT2D eigenvalue weighted by Crippen LogP contribution is -2.33. The Morgan fingerprint density at radius 1 is 0.821 bits per heavy atom. The van der Waals surface area contributed by atoms with Crippen LogP contribution in [0.2, 0.25) is 0 Å². The van der Waals surface area contributed by atoms with Crippen LogP contribution in [0, 0.1) is 0 Å². The number of aromatic amines is 1. The molecule has 0 saturated carbocycles. The molecule has 39 heavy (non-hydrogen) atoms. The van der Waals surface area contributed by atoms with Gasteiger partial charge in [0.05, 0.1) is 11.0 Å². The molecule has 6 rings (SSSR count). The van der Waals surface area contributed by atoms with Gasteiger partial charge in [-0.15, -0.1) is 0 Å². The number of carbonyl (C=O) groups is 2. The fourth-order valence-corrected chi connectivity index (χ4v) is 5.07. The average Bonchev–Trinajstić information content (AvgIpc) is 3.53. The molecule has 0 radical (unpaired) electrons. The van der Waals surface area contributed by atoms with Crippen molar-refractivity contribution >= 4 is 52.3 Å². The number of hydrogen-bond donors (Lipinski definition) is 1. The molecule has 7 heteroatoms. The number of benzene rings is 4. The van der Waals surface area contributed by atoms with Crippen molar-refractivity contribution in [3.05, 3.63) is 138 Å². The zero-order valence-electron chi connectivity index (χ0n) is 20.7. The van der Waals surface area contributed by atoms with E-state index >= 15 is 0 Å². The first kappa shape index (κ1) is 24.3. The summed E-state index contributed by atoms with van der Waals surface area (Å²) in [6.07, 6.45) is 4.41. The second-order valence-electron chi connectivity index (χ2n) is 8.77. The van der Waals surface area contributed by atoms with E-state index in [0.717, 1.165) is 32.0 Å². The fourth-order valence-electron chi connectivity index (χ4n) is 4.19. The van der Waals surface area contributed by atoms with Crippen LogP contribution in [0.5, 0.6) is 0 Å². The van der Waals surface area contributed by atoms with Gasteiger partial charge in [0.1, 0.15) is 5.70 Å². The third kappa shape index (κ3) is 5.35. The van der Waals surface area contributed by atoms with Crippen molar-refractivity contribution in [2.45, 2.75) is 9.79 Å². The summed E-state index contributed by atoms with van der Waals surface area (Å²) in [7, 11) is 0. The van der Waals surface area contributed by atoms with Gasteiger partial charge in [0.2, 0.25) is 5.95 Å². The molecule has 0 spiro atoms. The summed E-state index contributed by atoms with van der Waals surface area (Å²) in [6.45, 7) is 0. The number of nitrogens with one attached hydrogen (secondary N) is 1. The predicted molar refractivity (Wildman–Crippen MR) is 156 cm³/mol. The van der Waals surface area contributed by atoms with Crippen molar-refractivity contribution in [2.24, 2.45) is 4.99 Å². The lowest BCUT2D eigenvalue weighted by Gasteiger charge is -2.14. The van der Waals surface area contributed by atoms with Crippen molar-refractivity contribution < 1.29 is 9.59 Å². The highest BCUT2D eigenvalue weighted by atomic mass is 32.2. The molecule has 0 bridgehead atoms. The second-order valence-corrected chi connectivity index (χ2v) is 9.92. The maximum atomic E-state index is 13.6. The molecule has 0 fully saturated rings. The van der Waals surface area contributed by atoms with Gasteiger partial charge in [0, 0.05) is 21.4 Å². The van der Waals surface area contributed by atoms with E-state index in [1.807, 2.05) is 97.1 Å². The number of amides is 1. The van der Waals surface area contributed by atoms with Crippen LogP contribution >= 0.6 is 11.8 Å². The van der Waals surface area contributed by atoms with Gasteiger partial charge in [-0.2, -0.15) is 0 Å². The fraction of sp³-hybridized carbons (Fsp3) is 0. The first-order chi connectivity index (χ1) is 19.1. The molecule has 1 N–H and O–H groups in total. The minimum atomic E-state index is -0.423. The molecule has 6 nitrogen and oxygen atoms in total. The number of imidazole rings is 1. The third-order valence-electron chi connectivity index (χ3n) is 6.04. The molecule has 2 heterocycles. The van der Waals surface area contributed by atoms with Gasteiger partial charge < -0.3 is 4.98 Å². The molecule has 0 atom stereocenters. The molecule has 0 unspecified atom stereocenters. The number of fused-ring (bicyclic) bond motifs is 1. The number of aromatic nitrogens is 2. The smallest absolute Gasteiger partial charge is 0.285 e. The van der Waals surface area contributed by atoms with Gasteiger partial charge in [-0.3, -0.25) is 9.59 Å². The summed E-state index contributed by atoms with van der Waals surface area (Å²) in [5, 5.41) is 0. The first-order valence-corrected chi connectivity index (χ1v) is 13.2. The van der Waals surface area contributed by atoms with Crippen LogP contribution in [0.4, 0.5) is 5.95 Å². The number of amidine groups is 1. The quantitative estimate of drug-likeness (QED) is 0.240. The number of carbonyl (C=O) groups excluding carboxylic acids is 2. The van der Waals surface area contributed by atoms with Gasteiger partial charge in [-0.05, 0) is 42.0 Å². The Balaban J connectivity index is 1.33. The van der Waals surface area contributed by atoms with Gasteiger partial charge in [-0.1, -0.05) is 96.7 Å². The largest absolute Gasteiger partial charge is 0.323 e. The number of aliphatic imine (C=N–C) groups is 1. The van der Waals surface area contributed by atoms with Crippen LogP contribution in [-0.2, 0) is 9.59 Å². The van der Waals surface area contributed by atoms with Crippen LogP contribution < -0.4 is 4.90 Å². The molecular weight excluding hydrogens is 504 g/mol. The van der Waals surface area contributed by atoms with E-state index in [9.17, 15) is 9.59 Å². The number of anilines is 1. The van der Waals surface area contributed by atoms with Crippen LogP contribution in [0.1, 0.15) is 11.1 Å². The SMILES string of the molecule is O=C(/C=C1\N=C(c2ccccc2)N(c2nc3ccc(Sc4ccccc4)cc3[nH]2)C1=O)/C=C/c1ccccc1. The lowest BCUT2D eigenvalue weighted by molar-refractivity contribution is -0.115. The van der Waals surface area contributed by atoms with Crippen LogP contribution in [0.15, 0.2) is 142 Å². The molecule has 1 amide bonds. The molecule has 1 aliphatic heterocycles. The summed E-state index contributed by atoms with van der Waals surface area (Å²) in [5.74, 6) is 0.000392. The second kappa shape index (κ2) is 10.8. The number of nitrogens with zero attached hydrogens (tertiary/aromatic N) is 3. The van der Waals surface area contributed by atoms with Crippen molar-refractivity contribution in [1.29, 1.82) is 0 Å². The Hall–Kier alpha value is -5.01. The van der Waals surface area contributed by atoms with Crippen LogP contribution in [0.3, 0.4) is 0 Å². The summed E-state index contributed by atoms with van der Waals surface area (Å²) in [5.41, 5.74) is 3.20. The van der Waals surface area contributed by atoms with Crippen molar-refractivity contribution in [3.8, 4) is 0 Å². The van der Waals surface area contributed by atoms with E-state index in [2.05, 4.69) is 22.1 Å². The van der Waals surface area contributed by atoms with Crippen LogP contribution in [0.25, 0.3) is 17.1 Å². The maximum Gasteiger partial charge on any atom is 0.285 e. The maximum absolute atomic E-state index is 13.6. The summed E-state index contributed by atoms with van der Waals surface area (Å²) in [4.78, 5) is 42.4. The van der Waals surface area contributed by atoms with E-state index in [-0.39, 0.29) is 11.5 Å². The minimum Gasteiger partial charge on any atom is -0.323 e. The summed E-state index contributed by atoms with van der Waals surface area (Å²) >= 11 is 1.65. The van der Waals surface area contributed by atoms with Gasteiger partial charge in [0.25, 0.3) is 5.91 Å². The number of H-pyrrole nitrogens is 1. The highest BCUT2D eigenvalue weighted by Crippen LogP contribution is 2.31. The Bertz CT molecular complexity index is 1760. The van der Waals surface area contributed by atoms with Crippen molar-refractivity contribution in [2.75, 3.05) is 4.90 Å². The number of allylic oxidation sites excluding steroid dienone is 2. The Labute approximate surface area is 229 Å². The molecule has 4 aromatic carbocycles.